The topological polar surface area (TPSA) is 145 Å². The Labute approximate surface area is 224 Å². The zero-order chi connectivity index (χ0) is 27.4. The van der Waals surface area contributed by atoms with Crippen LogP contribution in [0.2, 0.25) is 0 Å². The van der Waals surface area contributed by atoms with Crippen molar-refractivity contribution in [2.75, 3.05) is 13.6 Å². The predicted molar refractivity (Wildman–Crippen MR) is 142 cm³/mol. The molecule has 5 N–H and O–H groups in total. The summed E-state index contributed by atoms with van der Waals surface area (Å²) >= 11 is 0. The van der Waals surface area contributed by atoms with Crippen LogP contribution < -0.4 is 16.4 Å². The van der Waals surface area contributed by atoms with Crippen molar-refractivity contribution in [2.45, 2.75) is 94.9 Å². The molecule has 0 radical (unpaired) electrons. The third kappa shape index (κ3) is 6.11. The number of nitrogens with two attached hydrogens (primary N) is 1. The monoisotopic (exact) mass is 527 g/mol. The van der Waals surface area contributed by atoms with E-state index < -0.39 is 30.1 Å². The van der Waals surface area contributed by atoms with Crippen molar-refractivity contribution >= 4 is 23.8 Å². The smallest absolute Gasteiger partial charge is 0.407 e. The molecule has 0 spiro atoms. The molecule has 4 rings (SSSR count). The number of benzene rings is 1. The Morgan fingerprint density at radius 2 is 1.79 bits per heavy atom. The number of nitrogens with one attached hydrogen (secondary N) is 2. The van der Waals surface area contributed by atoms with E-state index in [4.69, 9.17) is 5.73 Å². The molecule has 1 heterocycles. The molecule has 5 atom stereocenters. The molecule has 1 saturated carbocycles. The highest BCUT2D eigenvalue weighted by atomic mass is 16.4. The van der Waals surface area contributed by atoms with Crippen LogP contribution in [0.1, 0.15) is 75.5 Å². The zero-order valence-corrected chi connectivity index (χ0v) is 22.4. The Bertz CT molecular complexity index is 1040. The summed E-state index contributed by atoms with van der Waals surface area (Å²) < 4.78 is 0. The van der Waals surface area contributed by atoms with Crippen LogP contribution in [0.25, 0.3) is 0 Å². The highest BCUT2D eigenvalue weighted by Crippen LogP contribution is 2.32. The molecule has 1 saturated heterocycles. The summed E-state index contributed by atoms with van der Waals surface area (Å²) in [5.74, 6) is -1.14. The number of amides is 4. The molecule has 0 aromatic heterocycles. The van der Waals surface area contributed by atoms with Crippen LogP contribution in [0.3, 0.4) is 0 Å². The highest BCUT2D eigenvalue weighted by Gasteiger charge is 2.44. The van der Waals surface area contributed by atoms with Gasteiger partial charge in [0.05, 0.1) is 6.04 Å². The fraction of sp³-hybridized carbons (Fsp3) is 0.643. The number of carbonyl (C=O) groups is 4. The fourth-order valence-corrected chi connectivity index (χ4v) is 6.18. The molecule has 1 aliphatic heterocycles. The van der Waals surface area contributed by atoms with Crippen LogP contribution in [-0.2, 0) is 20.8 Å². The lowest BCUT2D eigenvalue weighted by Crippen LogP contribution is -2.58. The number of hydrogen-bond donors (Lipinski definition) is 4. The Morgan fingerprint density at radius 1 is 1.08 bits per heavy atom. The van der Waals surface area contributed by atoms with E-state index in [1.807, 2.05) is 18.2 Å². The molecular weight excluding hydrogens is 486 g/mol. The number of carboxylic acid groups (broad SMARTS) is 1. The summed E-state index contributed by atoms with van der Waals surface area (Å²) in [6, 6.07) is 5.17. The van der Waals surface area contributed by atoms with E-state index in [1.54, 1.807) is 4.90 Å². The molecule has 1 unspecified atom stereocenters. The Kier molecular flexibility index (Phi) is 8.91. The van der Waals surface area contributed by atoms with E-state index in [-0.39, 0.29) is 36.4 Å². The number of hydrogen-bond acceptors (Lipinski definition) is 5. The largest absolute Gasteiger partial charge is 0.465 e. The van der Waals surface area contributed by atoms with Gasteiger partial charge in [-0.15, -0.1) is 0 Å². The molecule has 38 heavy (non-hydrogen) atoms. The highest BCUT2D eigenvalue weighted by molar-refractivity contribution is 5.94. The molecule has 3 aliphatic rings. The SMILES string of the molecule is CC(C(=O)N[C@H](C(=O)N1C[C@@H](N)C[C@H]1C(=O)N[C@H]1CCCc2ccccc21)C1CCCCC1)N(C)C(=O)O. The lowest BCUT2D eigenvalue weighted by atomic mass is 9.83. The molecule has 0 bridgehead atoms. The molecule has 2 aliphatic carbocycles. The van der Waals surface area contributed by atoms with Crippen LogP contribution >= 0.6 is 0 Å². The van der Waals surface area contributed by atoms with Gasteiger partial charge in [0.15, 0.2) is 0 Å². The van der Waals surface area contributed by atoms with E-state index in [0.717, 1.165) is 61.8 Å². The second kappa shape index (κ2) is 12.1. The van der Waals surface area contributed by atoms with Crippen LogP contribution in [-0.4, -0.2) is 76.5 Å². The van der Waals surface area contributed by atoms with E-state index in [9.17, 15) is 24.3 Å². The summed E-state index contributed by atoms with van der Waals surface area (Å²) in [6.45, 7) is 1.73. The molecule has 1 aromatic carbocycles. The van der Waals surface area contributed by atoms with Gasteiger partial charge in [0, 0.05) is 19.6 Å². The molecule has 208 valence electrons. The fourth-order valence-electron chi connectivity index (χ4n) is 6.18. The molecule has 10 nitrogen and oxygen atoms in total. The van der Waals surface area contributed by atoms with Crippen LogP contribution in [0.4, 0.5) is 4.79 Å². The van der Waals surface area contributed by atoms with E-state index in [2.05, 4.69) is 16.7 Å². The normalized spacial score (nSPS) is 25.1. The quantitative estimate of drug-likeness (QED) is 0.428. The molecule has 2 fully saturated rings. The van der Waals surface area contributed by atoms with Gasteiger partial charge in [0.1, 0.15) is 18.1 Å². The number of fused-ring (bicyclic) bond motifs is 1. The zero-order valence-electron chi connectivity index (χ0n) is 22.4. The Morgan fingerprint density at radius 3 is 2.50 bits per heavy atom. The summed E-state index contributed by atoms with van der Waals surface area (Å²) in [7, 11) is 1.33. The van der Waals surface area contributed by atoms with Crippen molar-refractivity contribution in [3.8, 4) is 0 Å². The lowest BCUT2D eigenvalue weighted by molar-refractivity contribution is -0.143. The first-order valence-corrected chi connectivity index (χ1v) is 13.9. The van der Waals surface area contributed by atoms with E-state index >= 15 is 0 Å². The third-order valence-electron chi connectivity index (χ3n) is 8.55. The van der Waals surface area contributed by atoms with Crippen LogP contribution in [0.5, 0.6) is 0 Å². The maximum atomic E-state index is 14.0. The van der Waals surface area contributed by atoms with Crippen molar-refractivity contribution in [1.82, 2.24) is 20.4 Å². The summed E-state index contributed by atoms with van der Waals surface area (Å²) in [4.78, 5) is 54.4. The van der Waals surface area contributed by atoms with Gasteiger partial charge in [-0.1, -0.05) is 43.5 Å². The van der Waals surface area contributed by atoms with Crippen molar-refractivity contribution < 1.29 is 24.3 Å². The second-order valence-corrected chi connectivity index (χ2v) is 11.1. The van der Waals surface area contributed by atoms with Gasteiger partial charge < -0.3 is 26.4 Å². The summed E-state index contributed by atoms with van der Waals surface area (Å²) in [5.41, 5.74) is 8.63. The van der Waals surface area contributed by atoms with E-state index in [0.29, 0.717) is 6.42 Å². The maximum absolute atomic E-state index is 14.0. The minimum atomic E-state index is -1.22. The Balaban J connectivity index is 1.52. The average molecular weight is 528 g/mol. The number of aryl methyl sites for hydroxylation is 1. The van der Waals surface area contributed by atoms with Crippen molar-refractivity contribution in [3.63, 3.8) is 0 Å². The standard InChI is InChI=1S/C28H41N5O5/c1-17(32(2)28(37)38)25(34)31-24(19-10-4-3-5-11-19)27(36)33-16-20(29)15-23(33)26(35)30-22-14-8-12-18-9-6-7-13-21(18)22/h6-7,9,13,17,19-20,22-24H,3-5,8,10-12,14-16,29H2,1-2H3,(H,30,35)(H,31,34)(H,37,38)/t17?,20-,22-,23-,24-/m0/s1. The number of carbonyl (C=O) groups excluding carboxylic acids is 3. The molecule has 4 amide bonds. The number of rotatable bonds is 7. The van der Waals surface area contributed by atoms with Gasteiger partial charge in [-0.05, 0) is 62.5 Å². The van der Waals surface area contributed by atoms with Gasteiger partial charge in [0.25, 0.3) is 0 Å². The van der Waals surface area contributed by atoms with Gasteiger partial charge >= 0.3 is 6.09 Å². The van der Waals surface area contributed by atoms with Gasteiger partial charge in [-0.2, -0.15) is 0 Å². The van der Waals surface area contributed by atoms with Gasteiger partial charge in [-0.3, -0.25) is 19.3 Å². The summed E-state index contributed by atoms with van der Waals surface area (Å²) in [6.07, 6.45) is 6.50. The van der Waals surface area contributed by atoms with Crippen molar-refractivity contribution in [1.29, 1.82) is 0 Å². The van der Waals surface area contributed by atoms with Crippen LogP contribution in [0, 0.1) is 5.92 Å². The van der Waals surface area contributed by atoms with Crippen molar-refractivity contribution in [2.24, 2.45) is 11.7 Å². The van der Waals surface area contributed by atoms with Gasteiger partial charge in [0.2, 0.25) is 17.7 Å². The minimum absolute atomic E-state index is 0.0757. The second-order valence-electron chi connectivity index (χ2n) is 11.1. The number of likely N-dealkylation sites (N-methyl/N-ethyl adjacent to an activating group) is 1. The lowest BCUT2D eigenvalue weighted by Gasteiger charge is -2.36. The first-order valence-electron chi connectivity index (χ1n) is 13.9. The predicted octanol–water partition coefficient (Wildman–Crippen LogP) is 2.17. The van der Waals surface area contributed by atoms with E-state index in [1.165, 1.54) is 19.5 Å². The third-order valence-corrected chi connectivity index (χ3v) is 8.55. The molecule has 1 aromatic rings. The first kappa shape index (κ1) is 27.9. The molecule has 10 heteroatoms. The van der Waals surface area contributed by atoms with Gasteiger partial charge in [-0.25, -0.2) is 4.79 Å². The van der Waals surface area contributed by atoms with Crippen molar-refractivity contribution in [3.05, 3.63) is 35.4 Å². The number of nitrogens with zero attached hydrogens (tertiary/aromatic N) is 2. The molecular formula is C28H41N5O5. The van der Waals surface area contributed by atoms with Crippen LogP contribution in [0.15, 0.2) is 24.3 Å². The number of likely N-dealkylation sites (tertiary alicyclic amines) is 1. The maximum Gasteiger partial charge on any atom is 0.407 e. The minimum Gasteiger partial charge on any atom is -0.465 e. The Hall–Kier alpha value is -3.14. The first-order chi connectivity index (χ1) is 18.2. The average Bonchev–Trinajstić information content (AvgIpc) is 3.32. The summed E-state index contributed by atoms with van der Waals surface area (Å²) in [5, 5.41) is 15.3.